The summed E-state index contributed by atoms with van der Waals surface area (Å²) in [5.41, 5.74) is -1.36. The van der Waals surface area contributed by atoms with Gasteiger partial charge in [0, 0.05) is 20.9 Å². The first kappa shape index (κ1) is 34.0. The van der Waals surface area contributed by atoms with Gasteiger partial charge in [0.2, 0.25) is 0 Å². The molecule has 3 aromatic carbocycles. The van der Waals surface area contributed by atoms with Gasteiger partial charge in [0.15, 0.2) is 0 Å². The SMILES string of the molecule is CCCCOc1ccc(S(OS(=O)(=O)CC23CCC(CC2=O)C3(C)C)(c2ccc(OCCCC)cc2)c2cc3ccccc3s2)cc1. The van der Waals surface area contributed by atoms with E-state index in [9.17, 15) is 13.2 Å². The van der Waals surface area contributed by atoms with Crippen LogP contribution in [0.2, 0.25) is 0 Å². The molecule has 9 heteroatoms. The predicted molar refractivity (Wildman–Crippen MR) is 191 cm³/mol. The lowest BCUT2D eigenvalue weighted by molar-refractivity contribution is -0.128. The van der Waals surface area contributed by atoms with Crippen molar-refractivity contribution in [2.75, 3.05) is 19.0 Å². The minimum absolute atomic E-state index is 0.0514. The number of hydrogen-bond acceptors (Lipinski definition) is 7. The van der Waals surface area contributed by atoms with Crippen LogP contribution in [-0.2, 0) is 18.5 Å². The van der Waals surface area contributed by atoms with Crippen LogP contribution < -0.4 is 9.47 Å². The molecule has 0 saturated heterocycles. The van der Waals surface area contributed by atoms with Gasteiger partial charge in [-0.05, 0) is 113 Å². The van der Waals surface area contributed by atoms with Crippen LogP contribution in [0.4, 0.5) is 0 Å². The molecule has 0 aliphatic heterocycles. The van der Waals surface area contributed by atoms with Crippen LogP contribution >= 0.6 is 21.6 Å². The van der Waals surface area contributed by atoms with E-state index in [1.165, 1.54) is 0 Å². The van der Waals surface area contributed by atoms with Gasteiger partial charge in [0.1, 0.15) is 17.3 Å². The molecule has 2 saturated carbocycles. The number of hydrogen-bond donors (Lipinski definition) is 0. The van der Waals surface area contributed by atoms with Crippen LogP contribution in [0.3, 0.4) is 0 Å². The highest BCUT2D eigenvalue weighted by molar-refractivity contribution is 8.34. The van der Waals surface area contributed by atoms with E-state index in [2.05, 4.69) is 39.8 Å². The van der Waals surface area contributed by atoms with Gasteiger partial charge in [-0.1, -0.05) is 58.7 Å². The summed E-state index contributed by atoms with van der Waals surface area (Å²) in [5, 5.41) is 1.02. The van der Waals surface area contributed by atoms with Crippen LogP contribution in [-0.4, -0.2) is 33.2 Å². The zero-order valence-corrected chi connectivity index (χ0v) is 30.3. The molecule has 2 unspecified atom stereocenters. The fourth-order valence-corrected chi connectivity index (χ4v) is 15.3. The summed E-state index contributed by atoms with van der Waals surface area (Å²) in [6.07, 6.45) is 5.84. The average molecular weight is 695 g/mol. The fraction of sp³-hybridized carbons (Fsp3) is 0.447. The number of fused-ring (bicyclic) bond motifs is 3. The van der Waals surface area contributed by atoms with E-state index in [1.54, 1.807) is 11.3 Å². The first-order chi connectivity index (χ1) is 22.5. The van der Waals surface area contributed by atoms with Crippen molar-refractivity contribution in [3.63, 3.8) is 0 Å². The van der Waals surface area contributed by atoms with Crippen molar-refractivity contribution in [3.05, 3.63) is 78.9 Å². The lowest BCUT2D eigenvalue weighted by Gasteiger charge is -2.41. The molecule has 4 aromatic rings. The van der Waals surface area contributed by atoms with Crippen LogP contribution in [0.15, 0.2) is 92.9 Å². The van der Waals surface area contributed by atoms with E-state index in [4.69, 9.17) is 13.1 Å². The van der Waals surface area contributed by atoms with E-state index < -0.39 is 31.3 Å². The van der Waals surface area contributed by atoms with E-state index in [-0.39, 0.29) is 17.5 Å². The molecule has 2 aliphatic rings. The van der Waals surface area contributed by atoms with Gasteiger partial charge in [-0.3, -0.25) is 4.79 Å². The summed E-state index contributed by atoms with van der Waals surface area (Å²) in [6.45, 7) is 9.59. The molecular formula is C38H46O6S3. The molecule has 2 fully saturated rings. The summed E-state index contributed by atoms with van der Waals surface area (Å²) in [7, 11) is -7.09. The van der Waals surface area contributed by atoms with Crippen molar-refractivity contribution >= 4 is 47.6 Å². The van der Waals surface area contributed by atoms with E-state index in [0.717, 1.165) is 67.7 Å². The van der Waals surface area contributed by atoms with Crippen LogP contribution in [0.5, 0.6) is 11.5 Å². The molecule has 0 spiro atoms. The van der Waals surface area contributed by atoms with Crippen molar-refractivity contribution in [1.82, 2.24) is 0 Å². The van der Waals surface area contributed by atoms with Gasteiger partial charge in [-0.2, -0.15) is 8.42 Å². The molecule has 1 aromatic heterocycles. The summed E-state index contributed by atoms with van der Waals surface area (Å²) in [6, 6.07) is 25.5. The van der Waals surface area contributed by atoms with Crippen LogP contribution in [0.1, 0.15) is 72.6 Å². The molecule has 1 heterocycles. The minimum atomic E-state index is -4.25. The van der Waals surface area contributed by atoms with Gasteiger partial charge in [-0.25, -0.2) is 3.63 Å². The second-order valence-electron chi connectivity index (χ2n) is 13.4. The largest absolute Gasteiger partial charge is 0.494 e. The van der Waals surface area contributed by atoms with Crippen molar-refractivity contribution in [3.8, 4) is 11.5 Å². The number of unbranched alkanes of at least 4 members (excludes halogenated alkanes) is 2. The number of benzene rings is 3. The Hall–Kier alpha value is -2.85. The third-order valence-electron chi connectivity index (χ3n) is 10.3. The summed E-state index contributed by atoms with van der Waals surface area (Å²) < 4.78 is 49.9. The Bertz CT molecular complexity index is 1720. The second-order valence-corrected chi connectivity index (χ2v) is 19.2. The Labute approximate surface area is 285 Å². The maximum atomic E-state index is 14.6. The second kappa shape index (κ2) is 13.6. The van der Waals surface area contributed by atoms with Gasteiger partial charge >= 0.3 is 0 Å². The van der Waals surface area contributed by atoms with Crippen molar-refractivity contribution in [2.24, 2.45) is 16.7 Å². The van der Waals surface area contributed by atoms with Crippen molar-refractivity contribution in [2.45, 2.75) is 86.6 Å². The highest BCUT2D eigenvalue weighted by atomic mass is 32.3. The average Bonchev–Trinajstić information content (AvgIpc) is 3.65. The van der Waals surface area contributed by atoms with E-state index in [1.807, 2.05) is 66.7 Å². The standard InChI is InChI=1S/C38H46O6S3/c1-5-7-23-42-30-13-17-32(18-14-30)47(36-25-28-11-9-10-12-34(28)45-36,33-19-15-31(16-20-33)43-24-8-6-2)44-46(40,41)27-38-22-21-29(26-35(38)39)37(38,3)4/h9-20,25,29H,5-8,21-24,26-27H2,1-4H3. The highest BCUT2D eigenvalue weighted by Gasteiger charge is 2.66. The third kappa shape index (κ3) is 6.36. The zero-order chi connectivity index (χ0) is 33.3. The highest BCUT2D eigenvalue weighted by Crippen LogP contribution is 2.73. The van der Waals surface area contributed by atoms with Gasteiger partial charge in [0.05, 0.1) is 28.6 Å². The first-order valence-corrected chi connectivity index (χ1v) is 20.7. The van der Waals surface area contributed by atoms with Crippen LogP contribution in [0.25, 0.3) is 10.1 Å². The summed E-state index contributed by atoms with van der Waals surface area (Å²) >= 11 is 1.55. The number of Topliss-reactive ketones (excluding diaryl/α,β-unsaturated/α-hetero) is 1. The normalized spacial score (nSPS) is 20.9. The molecule has 6 nitrogen and oxygen atoms in total. The van der Waals surface area contributed by atoms with Gasteiger partial charge < -0.3 is 9.47 Å². The molecule has 2 aliphatic carbocycles. The molecule has 6 rings (SSSR count). The Morgan fingerprint density at radius 2 is 1.40 bits per heavy atom. The maximum Gasteiger partial charge on any atom is 0.278 e. The fourth-order valence-electron chi connectivity index (χ4n) is 7.29. The van der Waals surface area contributed by atoms with E-state index in [0.29, 0.717) is 26.1 Å². The summed E-state index contributed by atoms with van der Waals surface area (Å²) in [5.74, 6) is 1.38. The number of ether oxygens (including phenoxy) is 2. The molecule has 2 bridgehead atoms. The Kier molecular flexibility index (Phi) is 9.83. The minimum Gasteiger partial charge on any atom is -0.494 e. The zero-order valence-electron chi connectivity index (χ0n) is 27.8. The molecule has 252 valence electrons. The number of carbonyl (C=O) groups excluding carboxylic acids is 1. The lowest BCUT2D eigenvalue weighted by Crippen LogP contribution is -2.42. The number of thiophene rings is 1. The first-order valence-electron chi connectivity index (χ1n) is 16.8. The lowest BCUT2D eigenvalue weighted by atomic mass is 9.70. The van der Waals surface area contributed by atoms with Crippen molar-refractivity contribution in [1.29, 1.82) is 0 Å². The monoisotopic (exact) mass is 694 g/mol. The molecule has 0 N–H and O–H groups in total. The molecule has 47 heavy (non-hydrogen) atoms. The Balaban J connectivity index is 1.50. The molecule has 0 amide bonds. The molecule has 0 radical (unpaired) electrons. The van der Waals surface area contributed by atoms with Gasteiger partial charge in [0.25, 0.3) is 10.1 Å². The number of ketones is 1. The smallest absolute Gasteiger partial charge is 0.278 e. The van der Waals surface area contributed by atoms with Crippen molar-refractivity contribution < 1.29 is 26.3 Å². The predicted octanol–water partition coefficient (Wildman–Crippen LogP) is 10.2. The van der Waals surface area contributed by atoms with Gasteiger partial charge in [-0.15, -0.1) is 11.3 Å². The third-order valence-corrected chi connectivity index (χ3v) is 17.2. The maximum absolute atomic E-state index is 14.6. The Morgan fingerprint density at radius 3 is 1.89 bits per heavy atom. The number of rotatable bonds is 15. The topological polar surface area (TPSA) is 78.9 Å². The van der Waals surface area contributed by atoms with Crippen LogP contribution in [0, 0.1) is 16.7 Å². The molecule has 2 atom stereocenters. The Morgan fingerprint density at radius 1 is 0.830 bits per heavy atom. The quantitative estimate of drug-likeness (QED) is 0.115. The summed E-state index contributed by atoms with van der Waals surface area (Å²) in [4.78, 5) is 15.0. The van der Waals surface area contributed by atoms with E-state index >= 15 is 0 Å². The molecular weight excluding hydrogens is 649 g/mol. The number of carbonyl (C=O) groups is 1.